The predicted molar refractivity (Wildman–Crippen MR) is 116 cm³/mol. The Balaban J connectivity index is 1.44. The highest BCUT2D eigenvalue weighted by Gasteiger charge is 2.38. The van der Waals surface area contributed by atoms with Crippen LogP contribution in [0.15, 0.2) is 29.2 Å². The van der Waals surface area contributed by atoms with Crippen molar-refractivity contribution in [2.75, 3.05) is 24.8 Å². The van der Waals surface area contributed by atoms with Crippen LogP contribution in [0.4, 0.5) is 8.78 Å². The SMILES string of the molecule is O=C(CCc1ccc(F)cc1F)c1cn2c(c(O)c1=O)C(=O)N(CC1CC1)CN2CC1CC1. The summed E-state index contributed by atoms with van der Waals surface area (Å²) < 4.78 is 28.5. The number of carbonyl (C=O) groups excluding carboxylic acids is 2. The van der Waals surface area contributed by atoms with Crippen LogP contribution in [-0.4, -0.2) is 46.1 Å². The van der Waals surface area contributed by atoms with E-state index in [1.54, 1.807) is 4.90 Å². The Morgan fingerprint density at radius 1 is 1.06 bits per heavy atom. The smallest absolute Gasteiger partial charge is 0.277 e. The molecule has 2 aromatic rings. The van der Waals surface area contributed by atoms with Crippen molar-refractivity contribution >= 4 is 11.7 Å². The van der Waals surface area contributed by atoms with Crippen molar-refractivity contribution in [3.63, 3.8) is 0 Å². The molecule has 2 aliphatic carbocycles. The summed E-state index contributed by atoms with van der Waals surface area (Å²) in [6.45, 7) is 1.56. The molecule has 1 aliphatic heterocycles. The van der Waals surface area contributed by atoms with Crippen LogP contribution >= 0.6 is 0 Å². The van der Waals surface area contributed by atoms with Crippen molar-refractivity contribution in [1.29, 1.82) is 0 Å². The number of pyridine rings is 1. The summed E-state index contributed by atoms with van der Waals surface area (Å²) in [5.41, 5.74) is -1.11. The lowest BCUT2D eigenvalue weighted by atomic mass is 10.0. The third-order valence-corrected chi connectivity index (χ3v) is 6.57. The van der Waals surface area contributed by atoms with Gasteiger partial charge in [0.1, 0.15) is 18.3 Å². The van der Waals surface area contributed by atoms with Crippen molar-refractivity contribution in [3.8, 4) is 5.75 Å². The van der Waals surface area contributed by atoms with Crippen LogP contribution in [0.25, 0.3) is 0 Å². The minimum absolute atomic E-state index is 0.0210. The molecule has 0 bridgehead atoms. The van der Waals surface area contributed by atoms with Crippen molar-refractivity contribution < 1.29 is 23.5 Å². The lowest BCUT2D eigenvalue weighted by molar-refractivity contribution is 0.0675. The van der Waals surface area contributed by atoms with Gasteiger partial charge in [0.05, 0.1) is 5.56 Å². The first-order valence-electron chi connectivity index (χ1n) is 11.3. The first kappa shape index (κ1) is 21.6. The number of aromatic nitrogens is 1. The average molecular weight is 457 g/mol. The Morgan fingerprint density at radius 3 is 2.42 bits per heavy atom. The van der Waals surface area contributed by atoms with Gasteiger partial charge < -0.3 is 10.0 Å². The Labute approximate surface area is 189 Å². The summed E-state index contributed by atoms with van der Waals surface area (Å²) in [6, 6.07) is 3.12. The van der Waals surface area contributed by atoms with Crippen LogP contribution in [0, 0.1) is 23.5 Å². The van der Waals surface area contributed by atoms with Gasteiger partial charge in [0.25, 0.3) is 5.91 Å². The van der Waals surface area contributed by atoms with E-state index in [-0.39, 0.29) is 29.7 Å². The first-order valence-corrected chi connectivity index (χ1v) is 11.3. The average Bonchev–Trinajstić information content (AvgIpc) is 3.69. The number of nitrogens with zero attached hydrogens (tertiary/aromatic N) is 3. The molecule has 0 atom stereocenters. The second kappa shape index (κ2) is 8.28. The van der Waals surface area contributed by atoms with E-state index in [0.29, 0.717) is 31.6 Å². The highest BCUT2D eigenvalue weighted by atomic mass is 19.1. The van der Waals surface area contributed by atoms with Gasteiger partial charge in [0.15, 0.2) is 17.2 Å². The van der Waals surface area contributed by atoms with Gasteiger partial charge in [-0.25, -0.2) is 8.78 Å². The third kappa shape index (κ3) is 4.36. The number of fused-ring (bicyclic) bond motifs is 1. The molecule has 9 heteroatoms. The molecule has 2 fully saturated rings. The first-order chi connectivity index (χ1) is 15.8. The van der Waals surface area contributed by atoms with E-state index < -0.39 is 34.5 Å². The number of rotatable bonds is 8. The number of hydrogen-bond donors (Lipinski definition) is 1. The second-order valence-electron chi connectivity index (χ2n) is 9.32. The quantitative estimate of drug-likeness (QED) is 0.617. The standard InChI is InChI=1S/C24H25F2N3O4/c25-17-7-5-16(19(26)9-17)6-8-20(30)18-12-29-21(23(32)22(18)31)24(33)27(10-14-1-2-14)13-28(29)11-15-3-4-15/h5,7,9,12,14-15,32H,1-4,6,8,10-11,13H2. The zero-order valence-electron chi connectivity index (χ0n) is 18.1. The molecule has 174 valence electrons. The Kier molecular flexibility index (Phi) is 5.42. The fourth-order valence-electron chi connectivity index (χ4n) is 4.29. The van der Waals surface area contributed by atoms with Gasteiger partial charge in [0.2, 0.25) is 5.43 Å². The molecule has 2 saturated carbocycles. The van der Waals surface area contributed by atoms with Gasteiger partial charge in [-0.15, -0.1) is 0 Å². The van der Waals surface area contributed by atoms with Crippen molar-refractivity contribution in [1.82, 2.24) is 9.58 Å². The van der Waals surface area contributed by atoms with Gasteiger partial charge in [-0.2, -0.15) is 0 Å². The maximum absolute atomic E-state index is 13.9. The number of aromatic hydroxyl groups is 1. The van der Waals surface area contributed by atoms with E-state index in [9.17, 15) is 28.3 Å². The van der Waals surface area contributed by atoms with Crippen LogP contribution in [0.2, 0.25) is 0 Å². The largest absolute Gasteiger partial charge is 0.502 e. The van der Waals surface area contributed by atoms with Crippen LogP contribution in [0.3, 0.4) is 0 Å². The lowest BCUT2D eigenvalue weighted by Crippen LogP contribution is -2.55. The normalized spacial score (nSPS) is 17.9. The fraction of sp³-hybridized carbons (Fsp3) is 0.458. The molecule has 0 saturated heterocycles. The minimum Gasteiger partial charge on any atom is -0.502 e. The van der Waals surface area contributed by atoms with Gasteiger partial charge in [-0.05, 0) is 55.6 Å². The van der Waals surface area contributed by atoms with Crippen molar-refractivity contribution in [2.24, 2.45) is 11.8 Å². The highest BCUT2D eigenvalue weighted by molar-refractivity contribution is 6.00. The number of aryl methyl sites for hydroxylation is 1. The fourth-order valence-corrected chi connectivity index (χ4v) is 4.29. The molecule has 1 N–H and O–H groups in total. The molecular formula is C24H25F2N3O4. The molecule has 2 heterocycles. The summed E-state index contributed by atoms with van der Waals surface area (Å²) in [4.78, 5) is 40.4. The van der Waals surface area contributed by atoms with E-state index in [2.05, 4.69) is 0 Å². The van der Waals surface area contributed by atoms with Gasteiger partial charge >= 0.3 is 0 Å². The molecule has 0 spiro atoms. The molecule has 1 aromatic heterocycles. The number of carbonyl (C=O) groups is 2. The van der Waals surface area contributed by atoms with Gasteiger partial charge in [-0.3, -0.25) is 24.1 Å². The zero-order chi connectivity index (χ0) is 23.3. The zero-order valence-corrected chi connectivity index (χ0v) is 18.1. The van der Waals surface area contributed by atoms with E-state index in [1.807, 2.05) is 5.01 Å². The Bertz CT molecular complexity index is 1190. The number of benzene rings is 1. The van der Waals surface area contributed by atoms with E-state index in [1.165, 1.54) is 16.9 Å². The minimum atomic E-state index is -0.904. The van der Waals surface area contributed by atoms with Crippen molar-refractivity contribution in [3.05, 3.63) is 63.1 Å². The molecule has 33 heavy (non-hydrogen) atoms. The van der Waals surface area contributed by atoms with Crippen molar-refractivity contribution in [2.45, 2.75) is 38.5 Å². The van der Waals surface area contributed by atoms with E-state index in [0.717, 1.165) is 37.8 Å². The topological polar surface area (TPSA) is 82.8 Å². The summed E-state index contributed by atoms with van der Waals surface area (Å²) in [5, 5.41) is 12.6. The maximum Gasteiger partial charge on any atom is 0.277 e. The van der Waals surface area contributed by atoms with Crippen LogP contribution < -0.4 is 10.4 Å². The summed E-state index contributed by atoms with van der Waals surface area (Å²) in [5.74, 6) is -2.29. The lowest BCUT2D eigenvalue weighted by Gasteiger charge is -2.40. The Morgan fingerprint density at radius 2 is 1.76 bits per heavy atom. The van der Waals surface area contributed by atoms with Crippen LogP contribution in [-0.2, 0) is 6.42 Å². The Hall–Kier alpha value is -3.23. The van der Waals surface area contributed by atoms with Gasteiger partial charge in [0, 0.05) is 31.8 Å². The summed E-state index contributed by atoms with van der Waals surface area (Å²) in [7, 11) is 0. The molecule has 0 radical (unpaired) electrons. The number of hydrogen-bond acceptors (Lipinski definition) is 5. The maximum atomic E-state index is 13.9. The second-order valence-corrected chi connectivity index (χ2v) is 9.32. The van der Waals surface area contributed by atoms with Crippen LogP contribution in [0.1, 0.15) is 58.5 Å². The molecular weight excluding hydrogens is 432 g/mol. The van der Waals surface area contributed by atoms with Crippen LogP contribution in [0.5, 0.6) is 5.75 Å². The number of ketones is 1. The van der Waals surface area contributed by atoms with E-state index in [4.69, 9.17) is 0 Å². The monoisotopic (exact) mass is 457 g/mol. The summed E-state index contributed by atoms with van der Waals surface area (Å²) >= 11 is 0. The summed E-state index contributed by atoms with van der Waals surface area (Å²) in [6.07, 6.45) is 5.39. The molecule has 0 unspecified atom stereocenters. The molecule has 1 aromatic carbocycles. The van der Waals surface area contributed by atoms with Gasteiger partial charge in [-0.1, -0.05) is 6.07 Å². The number of amides is 1. The molecule has 7 nitrogen and oxygen atoms in total. The molecule has 3 aliphatic rings. The number of Topliss-reactive ketones (excluding diaryl/α,β-unsaturated/α-hetero) is 1. The number of halogens is 2. The third-order valence-electron chi connectivity index (χ3n) is 6.57. The predicted octanol–water partition coefficient (Wildman–Crippen LogP) is 2.82. The molecule has 1 amide bonds. The van der Waals surface area contributed by atoms with E-state index >= 15 is 0 Å². The molecule has 5 rings (SSSR count). The highest BCUT2D eigenvalue weighted by Crippen LogP contribution is 2.34.